The van der Waals surface area contributed by atoms with Crippen molar-refractivity contribution in [1.82, 2.24) is 10.6 Å². The molecule has 0 unspecified atom stereocenters. The van der Waals surface area contributed by atoms with E-state index in [1.807, 2.05) is 0 Å². The number of hydrogen-bond acceptors (Lipinski definition) is 7. The molecule has 0 aromatic carbocycles. The van der Waals surface area contributed by atoms with E-state index in [-0.39, 0.29) is 19.3 Å². The minimum Gasteiger partial charge on any atom is -0.481 e. The van der Waals surface area contributed by atoms with Crippen molar-refractivity contribution in [3.05, 3.63) is 0 Å². The Morgan fingerprint density at radius 3 is 1.67 bits per heavy atom. The predicted molar refractivity (Wildman–Crippen MR) is 105 cm³/mol. The van der Waals surface area contributed by atoms with Gasteiger partial charge in [-0.3, -0.25) is 9.59 Å². The standard InChI is InChI=1S/C19H32N2O9/c1-18(2,3)29-14(24)10-8-12(16(27)30-19(4,5)6)21-17(28)20-11(15(25)26)7-9-13(22)23/h11-12H,7-10H2,1-6H3,(H,22,23)(H,25,26)(H2,20,21,28)/t11-,12-/m0/s1. The zero-order valence-electron chi connectivity index (χ0n) is 18.2. The Balaban J connectivity index is 5.14. The molecule has 0 fully saturated rings. The van der Waals surface area contributed by atoms with E-state index in [0.29, 0.717) is 0 Å². The van der Waals surface area contributed by atoms with Crippen molar-refractivity contribution in [3.63, 3.8) is 0 Å². The number of amides is 2. The van der Waals surface area contributed by atoms with Crippen molar-refractivity contribution in [2.24, 2.45) is 0 Å². The topological polar surface area (TPSA) is 168 Å². The first-order valence-electron chi connectivity index (χ1n) is 9.46. The lowest BCUT2D eigenvalue weighted by molar-refractivity contribution is -0.158. The van der Waals surface area contributed by atoms with Crippen LogP contribution < -0.4 is 10.6 Å². The summed E-state index contributed by atoms with van der Waals surface area (Å²) in [6.45, 7) is 9.94. The number of nitrogens with one attached hydrogen (secondary N) is 2. The maximum absolute atomic E-state index is 12.4. The lowest BCUT2D eigenvalue weighted by Gasteiger charge is -2.25. The molecule has 0 bridgehead atoms. The van der Waals surface area contributed by atoms with E-state index in [4.69, 9.17) is 19.7 Å². The number of esters is 2. The van der Waals surface area contributed by atoms with Gasteiger partial charge in [0.25, 0.3) is 0 Å². The average molecular weight is 432 g/mol. The molecule has 2 amide bonds. The van der Waals surface area contributed by atoms with Gasteiger partial charge >= 0.3 is 29.9 Å². The van der Waals surface area contributed by atoms with E-state index in [9.17, 15) is 24.0 Å². The first-order chi connectivity index (χ1) is 13.5. The third kappa shape index (κ3) is 13.3. The molecule has 0 saturated heterocycles. The van der Waals surface area contributed by atoms with Gasteiger partial charge in [-0.25, -0.2) is 14.4 Å². The van der Waals surface area contributed by atoms with Crippen LogP contribution in [0.2, 0.25) is 0 Å². The van der Waals surface area contributed by atoms with Gasteiger partial charge in [-0.1, -0.05) is 0 Å². The maximum atomic E-state index is 12.4. The van der Waals surface area contributed by atoms with Crippen molar-refractivity contribution in [2.45, 2.75) is 90.5 Å². The van der Waals surface area contributed by atoms with E-state index < -0.39 is 59.6 Å². The molecule has 0 radical (unpaired) electrons. The fraction of sp³-hybridized carbons (Fsp3) is 0.737. The van der Waals surface area contributed by atoms with E-state index >= 15 is 0 Å². The van der Waals surface area contributed by atoms with Crippen molar-refractivity contribution < 1.29 is 43.7 Å². The van der Waals surface area contributed by atoms with Crippen LogP contribution in [-0.4, -0.2) is 63.4 Å². The smallest absolute Gasteiger partial charge is 0.329 e. The lowest BCUT2D eigenvalue weighted by Crippen LogP contribution is -2.52. The Hall–Kier alpha value is -2.85. The van der Waals surface area contributed by atoms with Gasteiger partial charge < -0.3 is 30.3 Å². The normalized spacial score (nSPS) is 13.5. The summed E-state index contributed by atoms with van der Waals surface area (Å²) >= 11 is 0. The van der Waals surface area contributed by atoms with Crippen LogP contribution in [0.1, 0.15) is 67.2 Å². The second-order valence-electron chi connectivity index (χ2n) is 8.65. The number of rotatable bonds is 10. The monoisotopic (exact) mass is 432 g/mol. The SMILES string of the molecule is CC(C)(C)OC(=O)CC[C@H](NC(=O)N[C@@H](CCC(=O)O)C(=O)O)C(=O)OC(C)(C)C. The Kier molecular flexibility index (Phi) is 10.3. The van der Waals surface area contributed by atoms with E-state index in [1.165, 1.54) is 0 Å². The van der Waals surface area contributed by atoms with Gasteiger partial charge in [0.2, 0.25) is 0 Å². The second kappa shape index (κ2) is 11.4. The Labute approximate surface area is 175 Å². The molecule has 0 rings (SSSR count). The molecule has 11 nitrogen and oxygen atoms in total. The zero-order chi connectivity index (χ0) is 23.7. The summed E-state index contributed by atoms with van der Waals surface area (Å²) in [4.78, 5) is 58.4. The molecule has 0 aliphatic carbocycles. The van der Waals surface area contributed by atoms with Crippen molar-refractivity contribution >= 4 is 29.9 Å². The van der Waals surface area contributed by atoms with E-state index in [2.05, 4.69) is 10.6 Å². The van der Waals surface area contributed by atoms with Gasteiger partial charge in [0.1, 0.15) is 23.3 Å². The highest BCUT2D eigenvalue weighted by molar-refractivity contribution is 5.87. The van der Waals surface area contributed by atoms with Crippen LogP contribution in [0.15, 0.2) is 0 Å². The highest BCUT2D eigenvalue weighted by Crippen LogP contribution is 2.13. The minimum absolute atomic E-state index is 0.135. The molecule has 0 spiro atoms. The third-order valence-corrected chi connectivity index (χ3v) is 3.30. The average Bonchev–Trinajstić information content (AvgIpc) is 2.51. The highest BCUT2D eigenvalue weighted by atomic mass is 16.6. The van der Waals surface area contributed by atoms with Gasteiger partial charge in [-0.05, 0) is 54.4 Å². The van der Waals surface area contributed by atoms with Crippen LogP contribution in [0.3, 0.4) is 0 Å². The largest absolute Gasteiger partial charge is 0.481 e. The number of aliphatic carboxylic acids is 2. The van der Waals surface area contributed by atoms with Crippen LogP contribution in [-0.2, 0) is 28.7 Å². The number of carboxylic acid groups (broad SMARTS) is 2. The molecule has 0 aromatic heterocycles. The summed E-state index contributed by atoms with van der Waals surface area (Å²) in [6, 6.07) is -3.72. The fourth-order valence-electron chi connectivity index (χ4n) is 2.16. The number of carbonyl (C=O) groups is 5. The molecule has 30 heavy (non-hydrogen) atoms. The summed E-state index contributed by atoms with van der Waals surface area (Å²) in [5.41, 5.74) is -1.58. The summed E-state index contributed by atoms with van der Waals surface area (Å²) in [7, 11) is 0. The Morgan fingerprint density at radius 1 is 0.767 bits per heavy atom. The fourth-order valence-corrected chi connectivity index (χ4v) is 2.16. The summed E-state index contributed by atoms with van der Waals surface area (Å²) in [6.07, 6.45) is -1.13. The molecule has 11 heteroatoms. The minimum atomic E-state index is -1.47. The highest BCUT2D eigenvalue weighted by Gasteiger charge is 2.29. The quantitative estimate of drug-likeness (QED) is 0.373. The summed E-state index contributed by atoms with van der Waals surface area (Å²) < 4.78 is 10.4. The van der Waals surface area contributed by atoms with Crippen LogP contribution in [0.4, 0.5) is 4.79 Å². The molecular formula is C19H32N2O9. The van der Waals surface area contributed by atoms with Crippen LogP contribution in [0.5, 0.6) is 0 Å². The number of ether oxygens (including phenoxy) is 2. The molecule has 0 aromatic rings. The summed E-state index contributed by atoms with van der Waals surface area (Å²) in [5, 5.41) is 22.2. The molecule has 0 saturated carbocycles. The van der Waals surface area contributed by atoms with Crippen LogP contribution in [0.25, 0.3) is 0 Å². The molecule has 0 heterocycles. The van der Waals surface area contributed by atoms with Gasteiger partial charge in [0.05, 0.1) is 0 Å². The molecule has 4 N–H and O–H groups in total. The van der Waals surface area contributed by atoms with Gasteiger partial charge in [0, 0.05) is 12.8 Å². The molecule has 0 aliphatic heterocycles. The summed E-state index contributed by atoms with van der Waals surface area (Å²) in [5.74, 6) is -4.02. The Morgan fingerprint density at radius 2 is 1.23 bits per heavy atom. The third-order valence-electron chi connectivity index (χ3n) is 3.30. The lowest BCUT2D eigenvalue weighted by atomic mass is 10.1. The number of carbonyl (C=O) groups excluding carboxylic acids is 3. The van der Waals surface area contributed by atoms with Crippen LogP contribution >= 0.6 is 0 Å². The first kappa shape index (κ1) is 27.1. The molecular weight excluding hydrogens is 400 g/mol. The van der Waals surface area contributed by atoms with Crippen molar-refractivity contribution in [3.8, 4) is 0 Å². The molecule has 172 valence electrons. The number of carboxylic acids is 2. The molecule has 2 atom stereocenters. The number of hydrogen-bond donors (Lipinski definition) is 4. The second-order valence-corrected chi connectivity index (χ2v) is 8.65. The van der Waals surface area contributed by atoms with Crippen LogP contribution in [0, 0.1) is 0 Å². The first-order valence-corrected chi connectivity index (χ1v) is 9.46. The van der Waals surface area contributed by atoms with E-state index in [1.54, 1.807) is 41.5 Å². The van der Waals surface area contributed by atoms with Gasteiger partial charge in [0.15, 0.2) is 0 Å². The number of urea groups is 1. The molecule has 0 aliphatic rings. The van der Waals surface area contributed by atoms with E-state index in [0.717, 1.165) is 0 Å². The van der Waals surface area contributed by atoms with Gasteiger partial charge in [-0.15, -0.1) is 0 Å². The Bertz CT molecular complexity index is 647. The van der Waals surface area contributed by atoms with Gasteiger partial charge in [-0.2, -0.15) is 0 Å². The van der Waals surface area contributed by atoms with Crippen molar-refractivity contribution in [2.75, 3.05) is 0 Å². The zero-order valence-corrected chi connectivity index (χ0v) is 18.2. The predicted octanol–water partition coefficient (Wildman–Crippen LogP) is 1.44. The van der Waals surface area contributed by atoms with Crippen molar-refractivity contribution in [1.29, 1.82) is 0 Å². The maximum Gasteiger partial charge on any atom is 0.329 e.